The van der Waals surface area contributed by atoms with Crippen LogP contribution in [0.4, 0.5) is 0 Å². The van der Waals surface area contributed by atoms with E-state index < -0.39 is 0 Å². The van der Waals surface area contributed by atoms with Crippen molar-refractivity contribution < 1.29 is 4.74 Å². The summed E-state index contributed by atoms with van der Waals surface area (Å²) in [4.78, 5) is 0. The van der Waals surface area contributed by atoms with Gasteiger partial charge in [-0.2, -0.15) is 0 Å². The van der Waals surface area contributed by atoms with E-state index in [9.17, 15) is 0 Å². The highest BCUT2D eigenvalue weighted by atomic mass is 16.5. The van der Waals surface area contributed by atoms with E-state index in [-0.39, 0.29) is 0 Å². The molecule has 1 rings (SSSR count). The molecule has 0 aromatic heterocycles. The predicted molar refractivity (Wildman–Crippen MR) is 54.2 cm³/mol. The number of rotatable bonds is 5. The van der Waals surface area contributed by atoms with E-state index in [0.717, 1.165) is 13.0 Å². The van der Waals surface area contributed by atoms with Crippen molar-refractivity contribution in [1.82, 2.24) is 5.43 Å². The van der Waals surface area contributed by atoms with Gasteiger partial charge in [0, 0.05) is 18.6 Å². The van der Waals surface area contributed by atoms with Gasteiger partial charge in [0.1, 0.15) is 0 Å². The Labute approximate surface area is 81.0 Å². The van der Waals surface area contributed by atoms with Crippen molar-refractivity contribution in [2.45, 2.75) is 51.7 Å². The standard InChI is InChI=1S/C10H22N2O/c1-3-4-5-10(12-11)9-6-7-13-8(9)2/h8-10,12H,3-7,11H2,1-2H3. The molecule has 3 nitrogen and oxygen atoms in total. The number of nitrogens with two attached hydrogens (primary N) is 1. The van der Waals surface area contributed by atoms with E-state index >= 15 is 0 Å². The van der Waals surface area contributed by atoms with Gasteiger partial charge in [-0.15, -0.1) is 0 Å². The fourth-order valence-electron chi connectivity index (χ4n) is 2.12. The van der Waals surface area contributed by atoms with Crippen LogP contribution in [0.3, 0.4) is 0 Å². The second kappa shape index (κ2) is 5.58. The van der Waals surface area contributed by atoms with E-state index in [4.69, 9.17) is 10.6 Å². The molecule has 1 fully saturated rings. The number of ether oxygens (including phenoxy) is 1. The van der Waals surface area contributed by atoms with Crippen LogP contribution in [0.2, 0.25) is 0 Å². The molecule has 0 bridgehead atoms. The minimum absolute atomic E-state index is 0.373. The first kappa shape index (κ1) is 11.0. The second-order valence-electron chi connectivity index (χ2n) is 3.94. The molecule has 3 atom stereocenters. The third-order valence-electron chi connectivity index (χ3n) is 3.03. The molecular weight excluding hydrogens is 164 g/mol. The van der Waals surface area contributed by atoms with Crippen LogP contribution in [0.1, 0.15) is 39.5 Å². The van der Waals surface area contributed by atoms with Gasteiger partial charge in [-0.1, -0.05) is 19.8 Å². The van der Waals surface area contributed by atoms with Crippen LogP contribution in [0.15, 0.2) is 0 Å². The summed E-state index contributed by atoms with van der Waals surface area (Å²) in [6, 6.07) is 0.442. The summed E-state index contributed by atoms with van der Waals surface area (Å²) in [6.45, 7) is 5.26. The van der Waals surface area contributed by atoms with Crippen molar-refractivity contribution in [3.8, 4) is 0 Å². The second-order valence-corrected chi connectivity index (χ2v) is 3.94. The lowest BCUT2D eigenvalue weighted by Crippen LogP contribution is -2.43. The zero-order chi connectivity index (χ0) is 9.68. The van der Waals surface area contributed by atoms with Gasteiger partial charge in [-0.3, -0.25) is 11.3 Å². The molecule has 1 heterocycles. The Morgan fingerprint density at radius 3 is 2.85 bits per heavy atom. The Kier molecular flexibility index (Phi) is 4.70. The van der Waals surface area contributed by atoms with E-state index in [2.05, 4.69) is 19.3 Å². The lowest BCUT2D eigenvalue weighted by atomic mass is 9.90. The zero-order valence-electron chi connectivity index (χ0n) is 8.75. The van der Waals surface area contributed by atoms with Gasteiger partial charge in [0.15, 0.2) is 0 Å². The topological polar surface area (TPSA) is 47.3 Å². The highest BCUT2D eigenvalue weighted by Crippen LogP contribution is 2.25. The first-order valence-electron chi connectivity index (χ1n) is 5.37. The van der Waals surface area contributed by atoms with E-state index in [0.29, 0.717) is 18.1 Å². The van der Waals surface area contributed by atoms with Crippen molar-refractivity contribution in [3.05, 3.63) is 0 Å². The average molecular weight is 186 g/mol. The molecule has 0 spiro atoms. The summed E-state index contributed by atoms with van der Waals surface area (Å²) in [5, 5.41) is 0. The van der Waals surface area contributed by atoms with Gasteiger partial charge in [0.2, 0.25) is 0 Å². The monoisotopic (exact) mass is 186 g/mol. The normalized spacial score (nSPS) is 30.7. The first-order valence-corrected chi connectivity index (χ1v) is 5.37. The molecule has 1 aliphatic rings. The highest BCUT2D eigenvalue weighted by Gasteiger charge is 2.30. The van der Waals surface area contributed by atoms with Gasteiger partial charge >= 0.3 is 0 Å². The summed E-state index contributed by atoms with van der Waals surface area (Å²) >= 11 is 0. The Hall–Kier alpha value is -0.120. The molecule has 3 heteroatoms. The maximum absolute atomic E-state index is 5.55. The smallest absolute Gasteiger partial charge is 0.0591 e. The van der Waals surface area contributed by atoms with Gasteiger partial charge < -0.3 is 4.74 Å². The van der Waals surface area contributed by atoms with Gasteiger partial charge in [-0.05, 0) is 19.8 Å². The molecule has 3 unspecified atom stereocenters. The van der Waals surface area contributed by atoms with Crippen LogP contribution >= 0.6 is 0 Å². The minimum atomic E-state index is 0.373. The molecule has 0 radical (unpaired) electrons. The number of nitrogens with one attached hydrogen (secondary N) is 1. The van der Waals surface area contributed by atoms with E-state index in [1.807, 2.05) is 0 Å². The fourth-order valence-corrected chi connectivity index (χ4v) is 2.12. The minimum Gasteiger partial charge on any atom is -0.378 e. The van der Waals surface area contributed by atoms with E-state index in [1.165, 1.54) is 19.3 Å². The third-order valence-corrected chi connectivity index (χ3v) is 3.03. The van der Waals surface area contributed by atoms with E-state index in [1.54, 1.807) is 0 Å². The Balaban J connectivity index is 2.35. The van der Waals surface area contributed by atoms with Crippen molar-refractivity contribution >= 4 is 0 Å². The molecule has 3 N–H and O–H groups in total. The summed E-state index contributed by atoms with van der Waals surface area (Å²) in [5.41, 5.74) is 2.93. The summed E-state index contributed by atoms with van der Waals surface area (Å²) in [7, 11) is 0. The average Bonchev–Trinajstić information content (AvgIpc) is 2.54. The molecular formula is C10H22N2O. The molecule has 0 aliphatic carbocycles. The highest BCUT2D eigenvalue weighted by molar-refractivity contribution is 4.82. The maximum atomic E-state index is 5.55. The van der Waals surface area contributed by atoms with Gasteiger partial charge in [-0.25, -0.2) is 0 Å². The molecule has 13 heavy (non-hydrogen) atoms. The molecule has 0 aromatic rings. The quantitative estimate of drug-likeness (QED) is 0.504. The Bertz CT molecular complexity index is 141. The number of hydrazine groups is 1. The Morgan fingerprint density at radius 1 is 1.62 bits per heavy atom. The largest absolute Gasteiger partial charge is 0.378 e. The summed E-state index contributed by atoms with van der Waals surface area (Å²) in [6.07, 6.45) is 5.18. The number of hydrogen-bond donors (Lipinski definition) is 2. The number of unbranched alkanes of at least 4 members (excludes halogenated alkanes) is 1. The van der Waals surface area contributed by atoms with Crippen LogP contribution < -0.4 is 11.3 Å². The Morgan fingerprint density at radius 2 is 2.38 bits per heavy atom. The predicted octanol–water partition coefficient (Wildman–Crippen LogP) is 1.43. The van der Waals surface area contributed by atoms with Crippen molar-refractivity contribution in [1.29, 1.82) is 0 Å². The molecule has 1 aliphatic heterocycles. The third kappa shape index (κ3) is 2.93. The lowest BCUT2D eigenvalue weighted by Gasteiger charge is -2.24. The van der Waals surface area contributed by atoms with Crippen LogP contribution in [-0.4, -0.2) is 18.8 Å². The maximum Gasteiger partial charge on any atom is 0.0591 e. The summed E-state index contributed by atoms with van der Waals surface area (Å²) < 4.78 is 5.53. The number of hydrogen-bond acceptors (Lipinski definition) is 3. The van der Waals surface area contributed by atoms with Crippen molar-refractivity contribution in [2.75, 3.05) is 6.61 Å². The van der Waals surface area contributed by atoms with Crippen LogP contribution in [0.25, 0.3) is 0 Å². The molecule has 0 aromatic carbocycles. The van der Waals surface area contributed by atoms with Gasteiger partial charge in [0.25, 0.3) is 0 Å². The van der Waals surface area contributed by atoms with Crippen LogP contribution in [0, 0.1) is 5.92 Å². The van der Waals surface area contributed by atoms with Crippen LogP contribution in [0.5, 0.6) is 0 Å². The zero-order valence-corrected chi connectivity index (χ0v) is 8.75. The molecule has 0 amide bonds. The molecule has 78 valence electrons. The first-order chi connectivity index (χ1) is 6.29. The molecule has 1 saturated heterocycles. The van der Waals surface area contributed by atoms with Gasteiger partial charge in [0.05, 0.1) is 6.10 Å². The van der Waals surface area contributed by atoms with Crippen LogP contribution in [-0.2, 0) is 4.74 Å². The van der Waals surface area contributed by atoms with Crippen molar-refractivity contribution in [2.24, 2.45) is 11.8 Å². The lowest BCUT2D eigenvalue weighted by molar-refractivity contribution is 0.0940. The van der Waals surface area contributed by atoms with Crippen molar-refractivity contribution in [3.63, 3.8) is 0 Å². The fraction of sp³-hybridized carbons (Fsp3) is 1.00. The molecule has 0 saturated carbocycles. The summed E-state index contributed by atoms with van der Waals surface area (Å²) in [5.74, 6) is 6.16. The SMILES string of the molecule is CCCCC(NN)C1CCOC1C.